The first-order valence-corrected chi connectivity index (χ1v) is 5.06. The summed E-state index contributed by atoms with van der Waals surface area (Å²) in [7, 11) is 1.96. The highest BCUT2D eigenvalue weighted by atomic mass is 16.3. The van der Waals surface area contributed by atoms with E-state index in [1.807, 2.05) is 11.6 Å². The van der Waals surface area contributed by atoms with Gasteiger partial charge < -0.3 is 9.67 Å². The van der Waals surface area contributed by atoms with Crippen LogP contribution in [0, 0.1) is 0 Å². The summed E-state index contributed by atoms with van der Waals surface area (Å²) >= 11 is 0. The van der Waals surface area contributed by atoms with Crippen molar-refractivity contribution in [3.05, 3.63) is 23.7 Å². The van der Waals surface area contributed by atoms with E-state index in [4.69, 9.17) is 0 Å². The first-order valence-electron chi connectivity index (χ1n) is 5.06. The Morgan fingerprint density at radius 1 is 1.47 bits per heavy atom. The molecule has 0 radical (unpaired) electrons. The predicted molar refractivity (Wildman–Crippen MR) is 58.5 cm³/mol. The molecule has 0 spiro atoms. The zero-order chi connectivity index (χ0) is 11.0. The quantitative estimate of drug-likeness (QED) is 0.809. The number of aryl methyl sites for hydroxylation is 1. The Hall–Kier alpha value is -1.42. The number of aromatic nitrogens is 3. The summed E-state index contributed by atoms with van der Waals surface area (Å²) in [5.41, 5.74) is 2.49. The molecule has 4 nitrogen and oxygen atoms in total. The Balaban J connectivity index is 2.75. The van der Waals surface area contributed by atoms with Crippen molar-refractivity contribution in [3.8, 4) is 0 Å². The first kappa shape index (κ1) is 10.1. The number of aliphatic hydroxyl groups is 1. The Kier molecular flexibility index (Phi) is 2.44. The molecule has 0 aliphatic heterocycles. The topological polar surface area (TPSA) is 50.9 Å². The Morgan fingerprint density at radius 2 is 2.20 bits per heavy atom. The van der Waals surface area contributed by atoms with E-state index in [0.717, 1.165) is 22.6 Å². The van der Waals surface area contributed by atoms with Gasteiger partial charge in [0.1, 0.15) is 11.3 Å². The van der Waals surface area contributed by atoms with E-state index in [0.29, 0.717) is 5.92 Å². The number of hydrogen-bond acceptors (Lipinski definition) is 3. The van der Waals surface area contributed by atoms with Crippen LogP contribution in [0.25, 0.3) is 11.2 Å². The highest BCUT2D eigenvalue weighted by Gasteiger charge is 2.13. The fraction of sp³-hybridized carbons (Fsp3) is 0.455. The number of imidazole rings is 1. The van der Waals surface area contributed by atoms with Gasteiger partial charge in [-0.25, -0.2) is 9.97 Å². The van der Waals surface area contributed by atoms with E-state index in [1.54, 1.807) is 12.3 Å². The predicted octanol–water partition coefficient (Wildman–Crippen LogP) is 1.58. The number of pyridine rings is 1. The molecular weight excluding hydrogens is 190 g/mol. The summed E-state index contributed by atoms with van der Waals surface area (Å²) in [6.45, 7) is 4.20. The second-order valence-corrected chi connectivity index (χ2v) is 3.98. The summed E-state index contributed by atoms with van der Waals surface area (Å²) in [5.74, 6) is 1.36. The number of fused-ring (bicyclic) bond motifs is 1. The van der Waals surface area contributed by atoms with Gasteiger partial charge in [-0.2, -0.15) is 0 Å². The van der Waals surface area contributed by atoms with Gasteiger partial charge in [-0.3, -0.25) is 0 Å². The third-order valence-corrected chi connectivity index (χ3v) is 2.56. The van der Waals surface area contributed by atoms with Crippen molar-refractivity contribution < 1.29 is 5.11 Å². The van der Waals surface area contributed by atoms with E-state index >= 15 is 0 Å². The molecule has 4 heteroatoms. The zero-order valence-corrected chi connectivity index (χ0v) is 9.23. The van der Waals surface area contributed by atoms with Gasteiger partial charge in [-0.1, -0.05) is 13.8 Å². The van der Waals surface area contributed by atoms with E-state index < -0.39 is 0 Å². The van der Waals surface area contributed by atoms with Gasteiger partial charge in [0.05, 0.1) is 6.61 Å². The molecule has 0 bridgehead atoms. The lowest BCUT2D eigenvalue weighted by atomic mass is 10.2. The van der Waals surface area contributed by atoms with Crippen LogP contribution in [-0.4, -0.2) is 19.6 Å². The Labute approximate surface area is 88.6 Å². The molecule has 2 aromatic heterocycles. The largest absolute Gasteiger partial charge is 0.392 e. The molecule has 0 fully saturated rings. The maximum atomic E-state index is 9.20. The summed E-state index contributed by atoms with van der Waals surface area (Å²) < 4.78 is 1.99. The average molecular weight is 205 g/mol. The van der Waals surface area contributed by atoms with Crippen LogP contribution in [0.1, 0.15) is 31.2 Å². The number of rotatable bonds is 2. The lowest BCUT2D eigenvalue weighted by Crippen LogP contribution is -1.99. The van der Waals surface area contributed by atoms with Crippen molar-refractivity contribution in [2.24, 2.45) is 7.05 Å². The molecule has 0 aliphatic rings. The average Bonchev–Trinajstić information content (AvgIpc) is 2.56. The summed E-state index contributed by atoms with van der Waals surface area (Å²) in [5, 5.41) is 9.20. The van der Waals surface area contributed by atoms with Gasteiger partial charge in [0.15, 0.2) is 5.65 Å². The minimum absolute atomic E-state index is 0.00751. The fourth-order valence-electron chi connectivity index (χ4n) is 1.79. The molecule has 2 rings (SSSR count). The normalized spacial score (nSPS) is 11.5. The molecular formula is C11H15N3O. The number of nitrogens with zero attached hydrogens (tertiary/aromatic N) is 3. The van der Waals surface area contributed by atoms with Crippen LogP contribution >= 0.6 is 0 Å². The van der Waals surface area contributed by atoms with Gasteiger partial charge in [-0.05, 0) is 6.07 Å². The van der Waals surface area contributed by atoms with E-state index in [1.165, 1.54) is 0 Å². The van der Waals surface area contributed by atoms with Crippen molar-refractivity contribution in [3.63, 3.8) is 0 Å². The molecule has 0 aliphatic carbocycles. The number of aliphatic hydroxyl groups excluding tert-OH is 1. The van der Waals surface area contributed by atoms with Crippen LogP contribution in [0.15, 0.2) is 12.3 Å². The minimum atomic E-state index is 0.00751. The second-order valence-electron chi connectivity index (χ2n) is 3.98. The molecule has 2 heterocycles. The molecule has 15 heavy (non-hydrogen) atoms. The standard InChI is InChI=1S/C11H15N3O/c1-7(2)10-13-9-8(6-15)4-5-12-11(9)14(10)3/h4-5,7,15H,6H2,1-3H3. The van der Waals surface area contributed by atoms with Crippen molar-refractivity contribution in [1.29, 1.82) is 0 Å². The third kappa shape index (κ3) is 1.51. The second kappa shape index (κ2) is 3.62. The van der Waals surface area contributed by atoms with Crippen molar-refractivity contribution in [2.75, 3.05) is 0 Å². The molecule has 0 aromatic carbocycles. The molecule has 2 aromatic rings. The van der Waals surface area contributed by atoms with Crippen LogP contribution in [0.4, 0.5) is 0 Å². The summed E-state index contributed by atoms with van der Waals surface area (Å²) in [4.78, 5) is 8.80. The van der Waals surface area contributed by atoms with Gasteiger partial charge >= 0.3 is 0 Å². The van der Waals surface area contributed by atoms with Crippen LogP contribution in [0.2, 0.25) is 0 Å². The lowest BCUT2D eigenvalue weighted by molar-refractivity contribution is 0.283. The molecule has 0 saturated heterocycles. The molecule has 1 N–H and O–H groups in total. The molecule has 0 unspecified atom stereocenters. The van der Waals surface area contributed by atoms with Crippen LogP contribution in [-0.2, 0) is 13.7 Å². The first-order chi connectivity index (χ1) is 7.15. The Morgan fingerprint density at radius 3 is 2.80 bits per heavy atom. The molecule has 0 saturated carbocycles. The zero-order valence-electron chi connectivity index (χ0n) is 9.23. The Bertz CT molecular complexity index is 488. The monoisotopic (exact) mass is 205 g/mol. The van der Waals surface area contributed by atoms with Gasteiger partial charge in [0.25, 0.3) is 0 Å². The third-order valence-electron chi connectivity index (χ3n) is 2.56. The fourth-order valence-corrected chi connectivity index (χ4v) is 1.79. The smallest absolute Gasteiger partial charge is 0.160 e. The highest BCUT2D eigenvalue weighted by molar-refractivity contribution is 5.75. The SMILES string of the molecule is CC(C)c1nc2c(CO)ccnc2n1C. The van der Waals surface area contributed by atoms with E-state index in [2.05, 4.69) is 23.8 Å². The van der Waals surface area contributed by atoms with Crippen molar-refractivity contribution in [1.82, 2.24) is 14.5 Å². The highest BCUT2D eigenvalue weighted by Crippen LogP contribution is 2.21. The maximum absolute atomic E-state index is 9.20. The summed E-state index contributed by atoms with van der Waals surface area (Å²) in [6, 6.07) is 1.80. The van der Waals surface area contributed by atoms with Crippen LogP contribution in [0.3, 0.4) is 0 Å². The van der Waals surface area contributed by atoms with Crippen molar-refractivity contribution >= 4 is 11.2 Å². The molecule has 80 valence electrons. The summed E-state index contributed by atoms with van der Waals surface area (Å²) in [6.07, 6.45) is 1.71. The molecule has 0 amide bonds. The number of hydrogen-bond donors (Lipinski definition) is 1. The lowest BCUT2D eigenvalue weighted by Gasteiger charge is -2.03. The van der Waals surface area contributed by atoms with Crippen LogP contribution in [0.5, 0.6) is 0 Å². The van der Waals surface area contributed by atoms with E-state index in [9.17, 15) is 5.11 Å². The maximum Gasteiger partial charge on any atom is 0.160 e. The van der Waals surface area contributed by atoms with Gasteiger partial charge in [0, 0.05) is 24.7 Å². The minimum Gasteiger partial charge on any atom is -0.392 e. The van der Waals surface area contributed by atoms with E-state index in [-0.39, 0.29) is 6.61 Å². The van der Waals surface area contributed by atoms with Crippen molar-refractivity contribution in [2.45, 2.75) is 26.4 Å². The molecule has 0 atom stereocenters. The van der Waals surface area contributed by atoms with Gasteiger partial charge in [-0.15, -0.1) is 0 Å². The van der Waals surface area contributed by atoms with Gasteiger partial charge in [0.2, 0.25) is 0 Å². The van der Waals surface area contributed by atoms with Crippen LogP contribution < -0.4 is 0 Å².